The molecule has 1 N–H and O–H groups in total. The molecule has 0 amide bonds. The van der Waals surface area contributed by atoms with Crippen molar-refractivity contribution in [3.63, 3.8) is 0 Å². The van der Waals surface area contributed by atoms with Crippen molar-refractivity contribution in [3.8, 4) is 22.8 Å². The van der Waals surface area contributed by atoms with Gasteiger partial charge in [0.25, 0.3) is 0 Å². The lowest BCUT2D eigenvalue weighted by molar-refractivity contribution is 0.0699. The zero-order valence-corrected chi connectivity index (χ0v) is 22.6. The van der Waals surface area contributed by atoms with Crippen molar-refractivity contribution >= 4 is 42.5 Å². The molecule has 0 atom stereocenters. The molecule has 204 valence electrons. The third kappa shape index (κ3) is 5.76. The van der Waals surface area contributed by atoms with Gasteiger partial charge in [-0.1, -0.05) is 0 Å². The molecule has 0 unspecified atom stereocenters. The van der Waals surface area contributed by atoms with E-state index in [2.05, 4.69) is 0 Å². The van der Waals surface area contributed by atoms with Gasteiger partial charge in [0.15, 0.2) is 9.84 Å². The second-order valence-corrected chi connectivity index (χ2v) is 13.6. The minimum absolute atomic E-state index is 0.0314. The Morgan fingerprint density at radius 3 is 2.10 bits per heavy atom. The molecule has 4 aromatic rings. The number of rotatable bonds is 9. The van der Waals surface area contributed by atoms with Crippen LogP contribution in [0.4, 0.5) is 10.1 Å². The molecule has 12 heteroatoms. The molecule has 1 saturated carbocycles. The number of sulfonamides is 1. The van der Waals surface area contributed by atoms with E-state index in [4.69, 9.17) is 9.15 Å². The molecule has 1 aliphatic carbocycles. The minimum atomic E-state index is -3.99. The van der Waals surface area contributed by atoms with E-state index >= 15 is 0 Å². The number of carboxylic acid groups (broad SMARTS) is 1. The predicted molar refractivity (Wildman–Crippen MR) is 144 cm³/mol. The van der Waals surface area contributed by atoms with Gasteiger partial charge >= 0.3 is 5.97 Å². The first kappa shape index (κ1) is 26.7. The highest BCUT2D eigenvalue weighted by molar-refractivity contribution is 7.95. The molecule has 3 aromatic carbocycles. The van der Waals surface area contributed by atoms with E-state index in [1.807, 2.05) is 0 Å². The third-order valence-corrected chi connectivity index (χ3v) is 8.27. The summed E-state index contributed by atoms with van der Waals surface area (Å²) in [5.74, 6) is -1.51. The van der Waals surface area contributed by atoms with Gasteiger partial charge in [0.05, 0.1) is 11.9 Å². The lowest BCUT2D eigenvalue weighted by Crippen LogP contribution is -2.35. The minimum Gasteiger partial charge on any atom is -0.478 e. The van der Waals surface area contributed by atoms with Gasteiger partial charge in [0.2, 0.25) is 10.0 Å². The van der Waals surface area contributed by atoms with E-state index in [0.717, 1.165) is 29.7 Å². The summed E-state index contributed by atoms with van der Waals surface area (Å²) < 4.78 is 75.1. The van der Waals surface area contributed by atoms with Crippen molar-refractivity contribution in [2.75, 3.05) is 22.7 Å². The second-order valence-electron chi connectivity index (χ2n) is 9.54. The molecule has 1 fully saturated rings. The maximum Gasteiger partial charge on any atom is 0.340 e. The smallest absolute Gasteiger partial charge is 0.340 e. The van der Waals surface area contributed by atoms with Crippen LogP contribution in [-0.2, 0) is 19.9 Å². The van der Waals surface area contributed by atoms with Gasteiger partial charge in [-0.3, -0.25) is 4.31 Å². The number of hydrogen-bond donors (Lipinski definition) is 1. The van der Waals surface area contributed by atoms with Gasteiger partial charge in [-0.05, 0) is 78.9 Å². The van der Waals surface area contributed by atoms with Crippen LogP contribution in [0.5, 0.6) is 11.5 Å². The quantitative estimate of drug-likeness (QED) is 0.283. The van der Waals surface area contributed by atoms with E-state index in [1.165, 1.54) is 30.3 Å². The molecule has 39 heavy (non-hydrogen) atoms. The summed E-state index contributed by atoms with van der Waals surface area (Å²) >= 11 is 0. The van der Waals surface area contributed by atoms with Gasteiger partial charge in [0.1, 0.15) is 40.1 Å². The summed E-state index contributed by atoms with van der Waals surface area (Å²) in [4.78, 5) is 12.4. The van der Waals surface area contributed by atoms with Gasteiger partial charge in [0, 0.05) is 23.3 Å². The van der Waals surface area contributed by atoms with Crippen molar-refractivity contribution in [3.05, 3.63) is 77.6 Å². The molecule has 1 aliphatic rings. The van der Waals surface area contributed by atoms with Crippen LogP contribution in [0.15, 0.2) is 65.1 Å². The fraction of sp³-hybridized carbons (Fsp3) is 0.222. The largest absolute Gasteiger partial charge is 0.478 e. The molecule has 9 nitrogen and oxygen atoms in total. The number of carboxylic acids is 1. The number of halogens is 1. The molecular formula is C27H24FNO8S2. The maximum absolute atomic E-state index is 13.2. The number of anilines is 1. The van der Waals surface area contributed by atoms with Crippen molar-refractivity contribution in [1.82, 2.24) is 0 Å². The summed E-state index contributed by atoms with van der Waals surface area (Å²) in [5, 5.41) is 10.4. The summed E-state index contributed by atoms with van der Waals surface area (Å²) in [7, 11) is -7.72. The van der Waals surface area contributed by atoms with E-state index in [9.17, 15) is 31.1 Å². The average Bonchev–Trinajstić information content (AvgIpc) is 3.62. The lowest BCUT2D eigenvalue weighted by atomic mass is 10.0. The Balaban J connectivity index is 1.61. The summed E-state index contributed by atoms with van der Waals surface area (Å²) in [6.45, 7) is 0. The first-order chi connectivity index (χ1) is 18.3. The van der Waals surface area contributed by atoms with Crippen LogP contribution in [0.1, 0.15) is 34.7 Å². The number of fused-ring (bicyclic) bond motifs is 1. The number of carbonyl (C=O) groups is 1. The summed E-state index contributed by atoms with van der Waals surface area (Å²) in [6, 6.07) is 14.9. The molecule has 0 spiro atoms. The van der Waals surface area contributed by atoms with Gasteiger partial charge in [-0.15, -0.1) is 0 Å². The van der Waals surface area contributed by atoms with Crippen molar-refractivity contribution in [2.24, 2.45) is 0 Å². The summed E-state index contributed by atoms with van der Waals surface area (Å²) in [5.41, 5.74) is 1.14. The standard InChI is InChI=1S/C27H24FNO8S2/c1-38(32,33)15-29(39(2,34)35)23-14-24-22(13-21(23)16-3-4-16)25(27(30)31)26(37-24)17-5-9-19(10-6-17)36-20-11-7-18(28)8-12-20/h5-14,16H,3-4,15H2,1-2H3,(H,30,31). The highest BCUT2D eigenvalue weighted by atomic mass is 32.2. The molecule has 0 aliphatic heterocycles. The third-order valence-electron chi connectivity index (χ3n) is 6.25. The van der Waals surface area contributed by atoms with Crippen LogP contribution in [0.3, 0.4) is 0 Å². The molecule has 0 radical (unpaired) electrons. The van der Waals surface area contributed by atoms with Crippen LogP contribution in [0, 0.1) is 5.82 Å². The van der Waals surface area contributed by atoms with Crippen molar-refractivity contribution in [2.45, 2.75) is 18.8 Å². The molecule has 1 aromatic heterocycles. The van der Waals surface area contributed by atoms with E-state index in [-0.39, 0.29) is 33.9 Å². The Kier molecular flexibility index (Phi) is 6.63. The van der Waals surface area contributed by atoms with Crippen molar-refractivity contribution in [1.29, 1.82) is 0 Å². The van der Waals surface area contributed by atoms with Gasteiger partial charge in [-0.2, -0.15) is 0 Å². The first-order valence-corrected chi connectivity index (χ1v) is 15.7. The molecule has 1 heterocycles. The number of furan rings is 1. The Morgan fingerprint density at radius 2 is 1.59 bits per heavy atom. The van der Waals surface area contributed by atoms with Gasteiger partial charge < -0.3 is 14.3 Å². The van der Waals surface area contributed by atoms with Crippen LogP contribution < -0.4 is 9.04 Å². The summed E-state index contributed by atoms with van der Waals surface area (Å²) in [6.07, 6.45) is 3.39. The van der Waals surface area contributed by atoms with E-state index < -0.39 is 37.5 Å². The predicted octanol–water partition coefficient (Wildman–Crippen LogP) is 5.37. The topological polar surface area (TPSA) is 131 Å². The Labute approximate surface area is 224 Å². The molecule has 0 bridgehead atoms. The molecule has 5 rings (SSSR count). The zero-order valence-electron chi connectivity index (χ0n) is 20.9. The molecular weight excluding hydrogens is 549 g/mol. The fourth-order valence-corrected chi connectivity index (χ4v) is 6.79. The van der Waals surface area contributed by atoms with Crippen LogP contribution in [0.2, 0.25) is 0 Å². The Morgan fingerprint density at radius 1 is 1.00 bits per heavy atom. The SMILES string of the molecule is CS(=O)(=O)CN(c1cc2oc(-c3ccc(Oc4ccc(F)cc4)cc3)c(C(=O)O)c2cc1C1CC1)S(C)(=O)=O. The number of benzene rings is 3. The van der Waals surface area contributed by atoms with Gasteiger partial charge in [-0.25, -0.2) is 26.0 Å². The fourth-order valence-electron chi connectivity index (χ4n) is 4.37. The number of nitrogens with zero attached hydrogens (tertiary/aromatic N) is 1. The van der Waals surface area contributed by atoms with Crippen LogP contribution in [0.25, 0.3) is 22.3 Å². The Hall–Kier alpha value is -3.90. The maximum atomic E-state index is 13.2. The highest BCUT2D eigenvalue weighted by Gasteiger charge is 2.34. The van der Waals surface area contributed by atoms with E-state index in [0.29, 0.717) is 22.6 Å². The number of aromatic carboxylic acids is 1. The number of ether oxygens (including phenoxy) is 1. The van der Waals surface area contributed by atoms with Crippen molar-refractivity contribution < 1.29 is 40.3 Å². The second kappa shape index (κ2) is 9.69. The monoisotopic (exact) mass is 573 g/mol. The first-order valence-electron chi connectivity index (χ1n) is 11.8. The van der Waals surface area contributed by atoms with Crippen LogP contribution in [-0.4, -0.2) is 46.3 Å². The zero-order chi connectivity index (χ0) is 28.1. The molecule has 0 saturated heterocycles. The van der Waals surface area contributed by atoms with E-state index in [1.54, 1.807) is 30.3 Å². The normalized spacial score (nSPS) is 13.9. The van der Waals surface area contributed by atoms with Crippen LogP contribution >= 0.6 is 0 Å². The Bertz CT molecular complexity index is 1790. The number of sulfone groups is 1. The number of hydrogen-bond acceptors (Lipinski definition) is 7. The lowest BCUT2D eigenvalue weighted by Gasteiger charge is -2.24. The highest BCUT2D eigenvalue weighted by Crippen LogP contribution is 2.48. The average molecular weight is 574 g/mol.